The lowest BCUT2D eigenvalue weighted by molar-refractivity contribution is 0.0950. The number of nitrogens with one attached hydrogen (secondary N) is 1. The van der Waals surface area contributed by atoms with Crippen molar-refractivity contribution in [2.24, 2.45) is 5.10 Å². The zero-order valence-electron chi connectivity index (χ0n) is 18.4. The number of hydrogen-bond acceptors (Lipinski definition) is 11. The van der Waals surface area contributed by atoms with Gasteiger partial charge >= 0.3 is 0 Å². The van der Waals surface area contributed by atoms with E-state index in [0.29, 0.717) is 28.4 Å². The Morgan fingerprint density at radius 1 is 1.09 bits per heavy atom. The van der Waals surface area contributed by atoms with Crippen molar-refractivity contribution in [1.29, 1.82) is 0 Å². The van der Waals surface area contributed by atoms with Crippen molar-refractivity contribution in [3.05, 3.63) is 53.7 Å². The summed E-state index contributed by atoms with van der Waals surface area (Å²) in [6.07, 6.45) is 1.44. The van der Waals surface area contributed by atoms with Crippen LogP contribution in [0.15, 0.2) is 52.2 Å². The zero-order chi connectivity index (χ0) is 24.1. The van der Waals surface area contributed by atoms with Gasteiger partial charge in [0.2, 0.25) is 11.6 Å². The average molecular weight is 464 g/mol. The number of aromatic nitrogens is 5. The second-order valence-electron chi connectivity index (χ2n) is 6.71. The third-order valence-corrected chi connectivity index (χ3v) is 4.74. The Morgan fingerprint density at radius 2 is 1.88 bits per heavy atom. The molecule has 4 rings (SSSR count). The predicted molar refractivity (Wildman–Crippen MR) is 120 cm³/mol. The van der Waals surface area contributed by atoms with Crippen LogP contribution in [0.1, 0.15) is 16.1 Å². The van der Waals surface area contributed by atoms with E-state index in [1.54, 1.807) is 49.6 Å². The van der Waals surface area contributed by atoms with E-state index in [2.05, 4.69) is 35.8 Å². The molecule has 0 aliphatic carbocycles. The molecule has 2 aromatic carbocycles. The first-order chi connectivity index (χ1) is 16.5. The summed E-state index contributed by atoms with van der Waals surface area (Å²) in [7, 11) is 4.61. The number of nitrogens with zero attached hydrogens (tertiary/aromatic N) is 6. The number of amides is 1. The van der Waals surface area contributed by atoms with Crippen LogP contribution in [0, 0.1) is 0 Å². The van der Waals surface area contributed by atoms with Crippen LogP contribution in [-0.4, -0.2) is 58.8 Å². The number of benzene rings is 2. The van der Waals surface area contributed by atoms with E-state index in [9.17, 15) is 4.79 Å². The average Bonchev–Trinajstić information content (AvgIpc) is 3.50. The minimum Gasteiger partial charge on any atom is -0.497 e. The molecule has 174 valence electrons. The number of hydrazone groups is 1. The van der Waals surface area contributed by atoms with E-state index in [0.717, 1.165) is 0 Å². The minimum absolute atomic E-state index is 0.0226. The highest BCUT2D eigenvalue weighted by molar-refractivity contribution is 5.99. The number of carbonyl (C=O) groups excluding carboxylic acids is 1. The predicted octanol–water partition coefficient (Wildman–Crippen LogP) is 1.69. The molecule has 3 N–H and O–H groups in total. The van der Waals surface area contributed by atoms with Crippen molar-refractivity contribution in [2.45, 2.75) is 0 Å². The van der Waals surface area contributed by atoms with Crippen molar-refractivity contribution >= 4 is 17.9 Å². The van der Waals surface area contributed by atoms with Gasteiger partial charge in [0.05, 0.1) is 27.5 Å². The molecule has 0 fully saturated rings. The molecular weight excluding hydrogens is 444 g/mol. The Morgan fingerprint density at radius 3 is 2.59 bits per heavy atom. The molecule has 0 aliphatic heterocycles. The fourth-order valence-electron chi connectivity index (χ4n) is 3.09. The van der Waals surface area contributed by atoms with Crippen molar-refractivity contribution in [2.75, 3.05) is 27.1 Å². The van der Waals surface area contributed by atoms with Gasteiger partial charge in [0, 0.05) is 17.2 Å². The lowest BCUT2D eigenvalue weighted by Gasteiger charge is -2.08. The van der Waals surface area contributed by atoms with Crippen molar-refractivity contribution in [3.63, 3.8) is 0 Å². The first kappa shape index (κ1) is 22.3. The fourth-order valence-corrected chi connectivity index (χ4v) is 3.09. The molecule has 0 aliphatic rings. The van der Waals surface area contributed by atoms with Gasteiger partial charge in [-0.15, -0.1) is 5.10 Å². The SMILES string of the molecule is COc1cccc(-c2c(C(=O)NN=Cc3ccc(OC)cc3OC)nnn2-c2nonc2N)c1. The third kappa shape index (κ3) is 4.34. The molecule has 0 radical (unpaired) electrons. The van der Waals surface area contributed by atoms with Gasteiger partial charge in [0.1, 0.15) is 22.9 Å². The van der Waals surface area contributed by atoms with E-state index in [1.807, 2.05) is 0 Å². The van der Waals surface area contributed by atoms with Gasteiger partial charge in [0.25, 0.3) is 5.91 Å². The highest BCUT2D eigenvalue weighted by Crippen LogP contribution is 2.29. The highest BCUT2D eigenvalue weighted by Gasteiger charge is 2.25. The molecule has 0 atom stereocenters. The standard InChI is InChI=1S/C21H20N8O5/c1-31-14-6-4-5-12(9-14)18-17(24-28-29(18)20-19(22)26-34-27-20)21(30)25-23-11-13-7-8-15(32-2)10-16(13)33-3/h4-11H,1-3H3,(H2,22,26)(H,25,30). The van der Waals surface area contributed by atoms with Crippen molar-refractivity contribution in [3.8, 4) is 34.3 Å². The maximum Gasteiger partial charge on any atom is 0.294 e. The van der Waals surface area contributed by atoms with Gasteiger partial charge in [0.15, 0.2) is 5.69 Å². The summed E-state index contributed by atoms with van der Waals surface area (Å²) in [6.45, 7) is 0. The molecule has 34 heavy (non-hydrogen) atoms. The van der Waals surface area contributed by atoms with E-state index in [-0.39, 0.29) is 23.0 Å². The molecule has 1 amide bonds. The van der Waals surface area contributed by atoms with Gasteiger partial charge < -0.3 is 19.9 Å². The molecule has 0 saturated heterocycles. The summed E-state index contributed by atoms with van der Waals surface area (Å²) in [4.78, 5) is 13.0. The van der Waals surface area contributed by atoms with Crippen LogP contribution in [0.3, 0.4) is 0 Å². The maximum absolute atomic E-state index is 13.0. The summed E-state index contributed by atoms with van der Waals surface area (Å²) in [6, 6.07) is 12.2. The fraction of sp³-hybridized carbons (Fsp3) is 0.143. The molecule has 13 heteroatoms. The topological polar surface area (TPSA) is 165 Å². The zero-order valence-corrected chi connectivity index (χ0v) is 18.4. The molecular formula is C21H20N8O5. The monoisotopic (exact) mass is 464 g/mol. The number of nitrogens with two attached hydrogens (primary N) is 1. The Hall–Kier alpha value is -4.94. The first-order valence-electron chi connectivity index (χ1n) is 9.79. The molecule has 0 bridgehead atoms. The number of anilines is 1. The summed E-state index contributed by atoms with van der Waals surface area (Å²) in [5.74, 6) is 1.14. The summed E-state index contributed by atoms with van der Waals surface area (Å²) in [5, 5.41) is 19.4. The lowest BCUT2D eigenvalue weighted by Crippen LogP contribution is -2.19. The van der Waals surface area contributed by atoms with Crippen LogP contribution in [-0.2, 0) is 0 Å². The Bertz CT molecular complexity index is 1350. The van der Waals surface area contributed by atoms with Gasteiger partial charge in [-0.2, -0.15) is 9.78 Å². The number of methoxy groups -OCH3 is 3. The normalized spacial score (nSPS) is 10.9. The van der Waals surface area contributed by atoms with Crippen LogP contribution in [0.5, 0.6) is 17.2 Å². The molecule has 0 saturated carbocycles. The number of hydrogen-bond donors (Lipinski definition) is 2. The highest BCUT2D eigenvalue weighted by atomic mass is 16.6. The van der Waals surface area contributed by atoms with Gasteiger partial charge in [-0.3, -0.25) is 4.79 Å². The molecule has 0 spiro atoms. The quantitative estimate of drug-likeness (QED) is 0.289. The number of carbonyl (C=O) groups is 1. The van der Waals surface area contributed by atoms with Crippen LogP contribution < -0.4 is 25.4 Å². The molecule has 2 heterocycles. The smallest absolute Gasteiger partial charge is 0.294 e. The van der Waals surface area contributed by atoms with Crippen LogP contribution in [0.4, 0.5) is 5.82 Å². The van der Waals surface area contributed by atoms with E-state index in [1.165, 1.54) is 25.1 Å². The summed E-state index contributed by atoms with van der Waals surface area (Å²) < 4.78 is 21.7. The van der Waals surface area contributed by atoms with Crippen LogP contribution >= 0.6 is 0 Å². The van der Waals surface area contributed by atoms with Crippen LogP contribution in [0.25, 0.3) is 17.1 Å². The third-order valence-electron chi connectivity index (χ3n) is 4.74. The van der Waals surface area contributed by atoms with Crippen molar-refractivity contribution < 1.29 is 23.6 Å². The number of rotatable bonds is 8. The molecule has 0 unspecified atom stereocenters. The Labute approximate surface area is 193 Å². The van der Waals surface area contributed by atoms with Gasteiger partial charge in [-0.25, -0.2) is 10.1 Å². The van der Waals surface area contributed by atoms with E-state index < -0.39 is 5.91 Å². The summed E-state index contributed by atoms with van der Waals surface area (Å²) >= 11 is 0. The van der Waals surface area contributed by atoms with E-state index >= 15 is 0 Å². The van der Waals surface area contributed by atoms with Crippen molar-refractivity contribution in [1.82, 2.24) is 30.7 Å². The molecule has 2 aromatic heterocycles. The number of ether oxygens (including phenoxy) is 3. The summed E-state index contributed by atoms with van der Waals surface area (Å²) in [5.41, 5.74) is 9.72. The lowest BCUT2D eigenvalue weighted by atomic mass is 10.1. The molecule has 4 aromatic rings. The van der Waals surface area contributed by atoms with Gasteiger partial charge in [-0.05, 0) is 34.6 Å². The largest absolute Gasteiger partial charge is 0.497 e. The number of nitrogen functional groups attached to an aromatic ring is 1. The second kappa shape index (κ2) is 9.68. The Balaban J connectivity index is 1.68. The maximum atomic E-state index is 13.0. The second-order valence-corrected chi connectivity index (χ2v) is 6.71. The first-order valence-corrected chi connectivity index (χ1v) is 9.79. The Kier molecular flexibility index (Phi) is 6.34. The van der Waals surface area contributed by atoms with E-state index in [4.69, 9.17) is 19.9 Å². The van der Waals surface area contributed by atoms with Gasteiger partial charge in [-0.1, -0.05) is 17.3 Å². The minimum atomic E-state index is -0.622. The van der Waals surface area contributed by atoms with Crippen LogP contribution in [0.2, 0.25) is 0 Å². The molecule has 13 nitrogen and oxygen atoms in total.